The lowest BCUT2D eigenvalue weighted by atomic mass is 9.38. The van der Waals surface area contributed by atoms with Gasteiger partial charge in [0.05, 0.1) is 17.3 Å². The first kappa shape index (κ1) is 36.7. The van der Waals surface area contributed by atoms with E-state index in [1.165, 1.54) is 18.4 Å². The van der Waals surface area contributed by atoms with Crippen LogP contribution in [0.15, 0.2) is 11.1 Å². The Morgan fingerprint density at radius 2 is 1.54 bits per heavy atom. The van der Waals surface area contributed by atoms with E-state index in [2.05, 4.69) is 44.4 Å². The van der Waals surface area contributed by atoms with E-state index in [-0.39, 0.29) is 64.3 Å². The number of ketones is 1. The van der Waals surface area contributed by atoms with Crippen LogP contribution in [0, 0.1) is 69.5 Å². The highest BCUT2D eigenvalue weighted by molar-refractivity contribution is 6.07. The summed E-state index contributed by atoms with van der Waals surface area (Å²) in [6.07, 6.45) is 13.6. The minimum absolute atomic E-state index is 0.105. The number of amides is 1. The zero-order valence-electron chi connectivity index (χ0n) is 33.0. The van der Waals surface area contributed by atoms with Gasteiger partial charge >= 0.3 is 11.9 Å². The number of ether oxygens (including phenoxy) is 1. The monoisotopic (exact) mass is 718 g/mol. The maximum Gasteiger partial charge on any atom is 0.309 e. The van der Waals surface area contributed by atoms with E-state index >= 15 is 4.79 Å². The summed E-state index contributed by atoms with van der Waals surface area (Å²) in [6.45, 7) is 17.8. The second kappa shape index (κ2) is 13.2. The largest absolute Gasteiger partial charge is 0.481 e. The first-order chi connectivity index (χ1) is 24.7. The van der Waals surface area contributed by atoms with Crippen molar-refractivity contribution in [1.29, 1.82) is 0 Å². The van der Waals surface area contributed by atoms with Gasteiger partial charge in [0.1, 0.15) is 6.10 Å². The maximum atomic E-state index is 15.1. The lowest BCUT2D eigenvalue weighted by Crippen LogP contribution is -2.61. The van der Waals surface area contributed by atoms with Gasteiger partial charge in [0.2, 0.25) is 5.91 Å². The van der Waals surface area contributed by atoms with E-state index in [1.807, 2.05) is 6.92 Å². The number of Topliss-reactive ketones (excluding diaryl/α,β-unsaturated/α-hetero) is 1. The van der Waals surface area contributed by atoms with Crippen LogP contribution in [0.5, 0.6) is 0 Å². The fourth-order valence-electron chi connectivity index (χ4n) is 14.8. The van der Waals surface area contributed by atoms with Crippen molar-refractivity contribution >= 4 is 23.6 Å². The first-order valence-corrected chi connectivity index (χ1v) is 21.5. The maximum absolute atomic E-state index is 15.1. The third kappa shape index (κ3) is 5.43. The summed E-state index contributed by atoms with van der Waals surface area (Å²) in [4.78, 5) is 58.8. The van der Waals surface area contributed by atoms with Crippen molar-refractivity contribution in [2.45, 2.75) is 144 Å². The minimum atomic E-state index is -0.807. The number of carboxylic acid groups (broad SMARTS) is 1. The average molecular weight is 719 g/mol. The Labute approximate surface area is 312 Å². The smallest absolute Gasteiger partial charge is 0.309 e. The van der Waals surface area contributed by atoms with Crippen LogP contribution in [0.4, 0.5) is 0 Å². The van der Waals surface area contributed by atoms with Crippen LogP contribution in [0.1, 0.15) is 131 Å². The molecule has 8 nitrogen and oxygen atoms in total. The van der Waals surface area contributed by atoms with Crippen molar-refractivity contribution in [2.24, 2.45) is 69.5 Å². The average Bonchev–Trinajstić information content (AvgIpc) is 3.84. The molecule has 13 unspecified atom stereocenters. The van der Waals surface area contributed by atoms with Gasteiger partial charge in [-0.2, -0.15) is 0 Å². The normalized spacial score (nSPS) is 46.0. The number of fused-ring (bicyclic) bond motifs is 7. The summed E-state index contributed by atoms with van der Waals surface area (Å²) in [7, 11) is 0. The molecule has 52 heavy (non-hydrogen) atoms. The van der Waals surface area contributed by atoms with Crippen LogP contribution in [-0.4, -0.2) is 76.9 Å². The second-order valence-electron chi connectivity index (χ2n) is 20.0. The number of esters is 1. The van der Waals surface area contributed by atoms with Crippen LogP contribution in [0.25, 0.3) is 0 Å². The summed E-state index contributed by atoms with van der Waals surface area (Å²) in [5.74, 6) is 0.839. The molecule has 8 rings (SSSR count). The van der Waals surface area contributed by atoms with E-state index in [0.717, 1.165) is 96.0 Å². The van der Waals surface area contributed by atoms with Crippen molar-refractivity contribution in [1.82, 2.24) is 9.80 Å². The number of carbonyl (C=O) groups is 4. The summed E-state index contributed by atoms with van der Waals surface area (Å²) in [6, 6.07) is 0.274. The van der Waals surface area contributed by atoms with Crippen molar-refractivity contribution in [2.75, 3.05) is 26.2 Å². The van der Waals surface area contributed by atoms with Crippen molar-refractivity contribution in [3.8, 4) is 0 Å². The molecule has 288 valence electrons. The molecule has 2 heterocycles. The molecule has 2 saturated heterocycles. The standard InChI is InChI=1S/C44H66N2O6/c1-25(2)37-34(47)23-44(41(51)46-21-9-10-28(46)24-45-19-7-8-20-45)18-14-33-29(38(37)44)11-12-36-42(5)17-15-35(27(4)32(42)13-16-43(33,36)6)52-40(50)31-22-30(26(31)3)39(48)49/h25-33,35-36H,7-24H2,1-6H3,(H,48,49). The molecule has 0 bridgehead atoms. The second-order valence-corrected chi connectivity index (χ2v) is 20.0. The molecule has 13 atom stereocenters. The number of rotatable bonds is 7. The van der Waals surface area contributed by atoms with Gasteiger partial charge in [-0.3, -0.25) is 19.2 Å². The Morgan fingerprint density at radius 3 is 2.23 bits per heavy atom. The van der Waals surface area contributed by atoms with Crippen LogP contribution >= 0.6 is 0 Å². The molecule has 1 amide bonds. The molecule has 8 aliphatic rings. The van der Waals surface area contributed by atoms with Crippen LogP contribution in [0.3, 0.4) is 0 Å². The van der Waals surface area contributed by atoms with E-state index in [1.54, 1.807) is 0 Å². The Balaban J connectivity index is 1.02. The molecule has 0 aromatic heterocycles. The highest BCUT2D eigenvalue weighted by Gasteiger charge is 2.67. The number of likely N-dealkylation sites (tertiary alicyclic amines) is 2. The fourth-order valence-corrected chi connectivity index (χ4v) is 14.8. The molecule has 0 aromatic rings. The van der Waals surface area contributed by atoms with Crippen molar-refractivity contribution in [3.63, 3.8) is 0 Å². The molecule has 1 N–H and O–H groups in total. The van der Waals surface area contributed by atoms with Crippen LogP contribution in [0.2, 0.25) is 0 Å². The predicted molar refractivity (Wildman–Crippen MR) is 199 cm³/mol. The highest BCUT2D eigenvalue weighted by Crippen LogP contribution is 2.72. The Bertz CT molecular complexity index is 1520. The quantitative estimate of drug-likeness (QED) is 0.271. The van der Waals surface area contributed by atoms with Gasteiger partial charge in [0, 0.05) is 25.6 Å². The Morgan fingerprint density at radius 1 is 0.846 bits per heavy atom. The molecule has 5 saturated carbocycles. The van der Waals surface area contributed by atoms with Gasteiger partial charge in [-0.15, -0.1) is 0 Å². The SMILES string of the molecule is CC(C)C1=C2C3CCC4C(C)(CCC5C(C)C(OC(=O)C6CC(C(=O)O)C6C)CCC54C)C3CCC2(C(=O)N2CCCC2CN2CCCC2)CC1=O. The van der Waals surface area contributed by atoms with E-state index < -0.39 is 17.3 Å². The molecule has 8 heteroatoms. The molecule has 0 aromatic carbocycles. The zero-order chi connectivity index (χ0) is 36.9. The summed E-state index contributed by atoms with van der Waals surface area (Å²) in [5.41, 5.74) is 1.95. The number of hydrogen-bond donors (Lipinski definition) is 1. The van der Waals surface area contributed by atoms with Crippen molar-refractivity contribution in [3.05, 3.63) is 11.1 Å². The molecular formula is C44H66N2O6. The summed E-state index contributed by atoms with van der Waals surface area (Å²) in [5, 5.41) is 9.45. The molecule has 2 aliphatic heterocycles. The zero-order valence-corrected chi connectivity index (χ0v) is 33.0. The number of aliphatic carboxylic acids is 1. The lowest BCUT2D eigenvalue weighted by molar-refractivity contribution is -0.197. The number of carbonyl (C=O) groups excluding carboxylic acids is 3. The molecule has 0 radical (unpaired) electrons. The number of hydrogen-bond acceptors (Lipinski definition) is 6. The van der Waals surface area contributed by atoms with Crippen LogP contribution in [-0.2, 0) is 23.9 Å². The van der Waals surface area contributed by atoms with E-state index in [9.17, 15) is 19.5 Å². The molecular weight excluding hydrogens is 652 g/mol. The molecule has 7 fully saturated rings. The number of carboxylic acids is 1. The van der Waals surface area contributed by atoms with Gasteiger partial charge in [-0.05, 0) is 160 Å². The fraction of sp³-hybridized carbons (Fsp3) is 0.864. The number of allylic oxidation sites excluding steroid dienone is 1. The third-order valence-corrected chi connectivity index (χ3v) is 17.5. The van der Waals surface area contributed by atoms with Gasteiger partial charge < -0.3 is 19.6 Å². The lowest BCUT2D eigenvalue weighted by Gasteiger charge is -2.67. The summed E-state index contributed by atoms with van der Waals surface area (Å²) >= 11 is 0. The van der Waals surface area contributed by atoms with Gasteiger partial charge in [0.15, 0.2) is 5.78 Å². The minimum Gasteiger partial charge on any atom is -0.481 e. The van der Waals surface area contributed by atoms with Gasteiger partial charge in [-0.25, -0.2) is 0 Å². The molecule has 0 spiro atoms. The number of nitrogens with zero attached hydrogens (tertiary/aromatic N) is 2. The third-order valence-electron chi connectivity index (χ3n) is 17.5. The van der Waals surface area contributed by atoms with Gasteiger partial charge in [-0.1, -0.05) is 41.5 Å². The highest BCUT2D eigenvalue weighted by atomic mass is 16.5. The topological polar surface area (TPSA) is 104 Å². The molecule has 6 aliphatic carbocycles. The van der Waals surface area contributed by atoms with E-state index in [4.69, 9.17) is 4.74 Å². The van der Waals surface area contributed by atoms with Crippen LogP contribution < -0.4 is 0 Å². The predicted octanol–water partition coefficient (Wildman–Crippen LogP) is 7.54. The van der Waals surface area contributed by atoms with E-state index in [0.29, 0.717) is 36.5 Å². The summed E-state index contributed by atoms with van der Waals surface area (Å²) < 4.78 is 6.25. The van der Waals surface area contributed by atoms with Gasteiger partial charge in [0.25, 0.3) is 0 Å². The first-order valence-electron chi connectivity index (χ1n) is 21.5. The Kier molecular flexibility index (Phi) is 9.34. The van der Waals surface area contributed by atoms with Crippen molar-refractivity contribution < 1.29 is 29.0 Å². The Hall–Kier alpha value is -2.22.